The molecule has 3 rings (SSSR count). The molecular weight excluding hydrogens is 250 g/mol. The summed E-state index contributed by atoms with van der Waals surface area (Å²) in [6.07, 6.45) is 2.85. The number of ether oxygens (including phenoxy) is 1. The smallest absolute Gasteiger partial charge is 0.156 e. The van der Waals surface area contributed by atoms with Gasteiger partial charge in [0.25, 0.3) is 0 Å². The zero-order valence-corrected chi connectivity index (χ0v) is 11.7. The van der Waals surface area contributed by atoms with E-state index in [1.807, 2.05) is 12.1 Å². The van der Waals surface area contributed by atoms with Crippen molar-refractivity contribution in [3.8, 4) is 5.75 Å². The Morgan fingerprint density at radius 1 is 1.15 bits per heavy atom. The number of anilines is 1. The summed E-state index contributed by atoms with van der Waals surface area (Å²) in [7, 11) is 1.69. The third-order valence-electron chi connectivity index (χ3n) is 3.38. The Hall–Kier alpha value is -2.36. The van der Waals surface area contributed by atoms with Crippen molar-refractivity contribution in [1.29, 1.82) is 0 Å². The average molecular weight is 267 g/mol. The van der Waals surface area contributed by atoms with Crippen molar-refractivity contribution in [3.05, 3.63) is 36.5 Å². The topological polar surface area (TPSA) is 47.0 Å². The van der Waals surface area contributed by atoms with Crippen LogP contribution in [0.4, 0.5) is 5.82 Å². The molecule has 0 atom stereocenters. The Bertz CT molecular complexity index is 755. The number of nitrogens with zero attached hydrogens (tertiary/aromatic N) is 2. The van der Waals surface area contributed by atoms with Crippen LogP contribution in [0.5, 0.6) is 5.75 Å². The fourth-order valence-corrected chi connectivity index (χ4v) is 2.38. The quantitative estimate of drug-likeness (QED) is 0.733. The number of hydrogen-bond acceptors (Lipinski definition) is 4. The van der Waals surface area contributed by atoms with Gasteiger partial charge in [-0.3, -0.25) is 0 Å². The number of rotatable bonds is 4. The Kier molecular flexibility index (Phi) is 3.37. The van der Waals surface area contributed by atoms with Crippen LogP contribution in [0.2, 0.25) is 0 Å². The van der Waals surface area contributed by atoms with Gasteiger partial charge in [-0.1, -0.05) is 19.1 Å². The highest BCUT2D eigenvalue weighted by molar-refractivity contribution is 6.04. The molecule has 0 amide bonds. The van der Waals surface area contributed by atoms with E-state index in [-0.39, 0.29) is 0 Å². The highest BCUT2D eigenvalue weighted by Crippen LogP contribution is 2.31. The Morgan fingerprint density at radius 2 is 2.00 bits per heavy atom. The first-order chi connectivity index (χ1) is 9.83. The maximum absolute atomic E-state index is 5.42. The SMILES string of the molecule is CCCNc1nncc2cc3c(OC)cccc3cc12. The van der Waals surface area contributed by atoms with Gasteiger partial charge < -0.3 is 10.1 Å². The standard InChI is InChI=1S/C16H17N3O/c1-3-7-17-16-14-8-11-5-4-6-15(20-2)13(11)9-12(14)10-18-19-16/h4-6,8-10H,3,7H2,1-2H3,(H,17,19). The van der Waals surface area contributed by atoms with E-state index in [1.165, 1.54) is 0 Å². The van der Waals surface area contributed by atoms with Gasteiger partial charge in [0.1, 0.15) is 5.75 Å². The summed E-state index contributed by atoms with van der Waals surface area (Å²) in [6.45, 7) is 3.02. The molecule has 1 N–H and O–H groups in total. The average Bonchev–Trinajstić information content (AvgIpc) is 2.50. The lowest BCUT2D eigenvalue weighted by Crippen LogP contribution is -2.03. The molecule has 1 heterocycles. The van der Waals surface area contributed by atoms with Crippen LogP contribution >= 0.6 is 0 Å². The van der Waals surface area contributed by atoms with Crippen LogP contribution in [0.15, 0.2) is 36.5 Å². The predicted octanol–water partition coefficient (Wildman–Crippen LogP) is 3.61. The van der Waals surface area contributed by atoms with Gasteiger partial charge in [-0.2, -0.15) is 5.10 Å². The number of fused-ring (bicyclic) bond motifs is 2. The summed E-state index contributed by atoms with van der Waals surface area (Å²) in [4.78, 5) is 0. The Morgan fingerprint density at radius 3 is 2.80 bits per heavy atom. The molecule has 0 unspecified atom stereocenters. The van der Waals surface area contributed by atoms with Gasteiger partial charge in [0, 0.05) is 22.7 Å². The summed E-state index contributed by atoms with van der Waals surface area (Å²) in [5.74, 6) is 1.72. The van der Waals surface area contributed by atoms with Crippen LogP contribution in [-0.2, 0) is 0 Å². The summed E-state index contributed by atoms with van der Waals surface area (Å²) < 4.78 is 5.42. The van der Waals surface area contributed by atoms with Crippen LogP contribution in [-0.4, -0.2) is 23.9 Å². The van der Waals surface area contributed by atoms with E-state index in [1.54, 1.807) is 13.3 Å². The van der Waals surface area contributed by atoms with Crippen molar-refractivity contribution in [2.24, 2.45) is 0 Å². The van der Waals surface area contributed by atoms with Gasteiger partial charge in [0.15, 0.2) is 5.82 Å². The van der Waals surface area contributed by atoms with E-state index in [9.17, 15) is 0 Å². The lowest BCUT2D eigenvalue weighted by molar-refractivity contribution is 0.420. The van der Waals surface area contributed by atoms with Gasteiger partial charge in [0.05, 0.1) is 13.3 Å². The molecular formula is C16H17N3O. The lowest BCUT2D eigenvalue weighted by Gasteiger charge is -2.10. The first-order valence-corrected chi connectivity index (χ1v) is 6.79. The van der Waals surface area contributed by atoms with Crippen molar-refractivity contribution >= 4 is 27.4 Å². The molecule has 4 heteroatoms. The molecule has 0 saturated heterocycles. The minimum absolute atomic E-state index is 0.842. The zero-order valence-electron chi connectivity index (χ0n) is 11.7. The number of nitrogens with one attached hydrogen (secondary N) is 1. The summed E-state index contributed by atoms with van der Waals surface area (Å²) in [5, 5.41) is 16.0. The van der Waals surface area contributed by atoms with Crippen molar-refractivity contribution in [3.63, 3.8) is 0 Å². The molecule has 1 aromatic heterocycles. The van der Waals surface area contributed by atoms with E-state index in [0.29, 0.717) is 0 Å². The van der Waals surface area contributed by atoms with Crippen molar-refractivity contribution in [1.82, 2.24) is 10.2 Å². The molecule has 0 fully saturated rings. The normalized spacial score (nSPS) is 10.9. The van der Waals surface area contributed by atoms with E-state index in [2.05, 4.69) is 40.6 Å². The van der Waals surface area contributed by atoms with Gasteiger partial charge in [0.2, 0.25) is 0 Å². The van der Waals surface area contributed by atoms with Gasteiger partial charge in [-0.15, -0.1) is 5.10 Å². The molecule has 20 heavy (non-hydrogen) atoms. The monoisotopic (exact) mass is 267 g/mol. The second-order valence-electron chi connectivity index (χ2n) is 4.74. The number of methoxy groups -OCH3 is 1. The van der Waals surface area contributed by atoms with E-state index < -0.39 is 0 Å². The third kappa shape index (κ3) is 2.13. The molecule has 0 aliphatic carbocycles. The second-order valence-corrected chi connectivity index (χ2v) is 4.74. The van der Waals surface area contributed by atoms with Crippen LogP contribution in [0.3, 0.4) is 0 Å². The maximum atomic E-state index is 5.42. The predicted molar refractivity (Wildman–Crippen MR) is 82.4 cm³/mol. The maximum Gasteiger partial charge on any atom is 0.156 e. The molecule has 3 aromatic rings. The third-order valence-corrected chi connectivity index (χ3v) is 3.38. The van der Waals surface area contributed by atoms with Gasteiger partial charge in [-0.25, -0.2) is 0 Å². The van der Waals surface area contributed by atoms with Gasteiger partial charge >= 0.3 is 0 Å². The Balaban J connectivity index is 2.24. The highest BCUT2D eigenvalue weighted by Gasteiger charge is 2.07. The first kappa shape index (κ1) is 12.7. The minimum atomic E-state index is 0.842. The minimum Gasteiger partial charge on any atom is -0.496 e. The van der Waals surface area contributed by atoms with Crippen LogP contribution in [0.1, 0.15) is 13.3 Å². The molecule has 0 spiro atoms. The van der Waals surface area contributed by atoms with Crippen molar-refractivity contribution in [2.75, 3.05) is 19.0 Å². The van der Waals surface area contributed by atoms with Crippen LogP contribution < -0.4 is 10.1 Å². The molecule has 0 aliphatic rings. The summed E-state index contributed by atoms with van der Waals surface area (Å²) in [6, 6.07) is 10.3. The summed E-state index contributed by atoms with van der Waals surface area (Å²) >= 11 is 0. The number of hydrogen-bond donors (Lipinski definition) is 1. The molecule has 4 nitrogen and oxygen atoms in total. The molecule has 0 aliphatic heterocycles. The second kappa shape index (κ2) is 5.33. The first-order valence-electron chi connectivity index (χ1n) is 6.79. The lowest BCUT2D eigenvalue weighted by atomic mass is 10.0. The van der Waals surface area contributed by atoms with Crippen molar-refractivity contribution < 1.29 is 4.74 Å². The molecule has 2 aromatic carbocycles. The molecule has 102 valence electrons. The fraction of sp³-hybridized carbons (Fsp3) is 0.250. The van der Waals surface area contributed by atoms with E-state index in [0.717, 1.165) is 46.1 Å². The molecule has 0 saturated carbocycles. The van der Waals surface area contributed by atoms with Gasteiger partial charge in [-0.05, 0) is 30.0 Å². The highest BCUT2D eigenvalue weighted by atomic mass is 16.5. The molecule has 0 radical (unpaired) electrons. The number of benzene rings is 2. The Labute approximate surface area is 117 Å². The number of aromatic nitrogens is 2. The zero-order chi connectivity index (χ0) is 13.9. The molecule has 0 bridgehead atoms. The van der Waals surface area contributed by atoms with Crippen LogP contribution in [0, 0.1) is 0 Å². The fourth-order valence-electron chi connectivity index (χ4n) is 2.38. The van der Waals surface area contributed by atoms with E-state index in [4.69, 9.17) is 4.74 Å². The van der Waals surface area contributed by atoms with Crippen LogP contribution in [0.25, 0.3) is 21.5 Å². The van der Waals surface area contributed by atoms with Crippen molar-refractivity contribution in [2.45, 2.75) is 13.3 Å². The van der Waals surface area contributed by atoms with E-state index >= 15 is 0 Å². The summed E-state index contributed by atoms with van der Waals surface area (Å²) in [5.41, 5.74) is 0. The largest absolute Gasteiger partial charge is 0.496 e.